The molecule has 0 spiro atoms. The molecule has 3 nitrogen and oxygen atoms in total. The molecule has 2 atom stereocenters. The first kappa shape index (κ1) is 16.0. The summed E-state index contributed by atoms with van der Waals surface area (Å²) < 4.78 is 0. The summed E-state index contributed by atoms with van der Waals surface area (Å²) in [4.78, 5) is 14.4. The number of hydrogen-bond acceptors (Lipinski definition) is 2. The van der Waals surface area contributed by atoms with E-state index >= 15 is 0 Å². The van der Waals surface area contributed by atoms with Gasteiger partial charge in [-0.2, -0.15) is 0 Å². The molecule has 0 radical (unpaired) electrons. The lowest BCUT2D eigenvalue weighted by atomic mass is 9.87. The van der Waals surface area contributed by atoms with Crippen molar-refractivity contribution in [2.24, 2.45) is 0 Å². The number of hydrogen-bond donors (Lipinski definition) is 1. The number of rotatable bonds is 6. The number of carbonyl (C=O) groups is 1. The maximum absolute atomic E-state index is 12.0. The van der Waals surface area contributed by atoms with Crippen LogP contribution < -0.4 is 5.32 Å². The SMILES string of the molecule is CCC(c1ccccc1)C1CCCN1CC(=O)NC(C)C. The van der Waals surface area contributed by atoms with E-state index in [4.69, 9.17) is 0 Å². The third-order valence-electron chi connectivity index (χ3n) is 4.34. The molecular weight excluding hydrogens is 260 g/mol. The van der Waals surface area contributed by atoms with Crippen LogP contribution in [0.2, 0.25) is 0 Å². The van der Waals surface area contributed by atoms with Gasteiger partial charge in [0.1, 0.15) is 0 Å². The van der Waals surface area contributed by atoms with E-state index in [-0.39, 0.29) is 11.9 Å². The van der Waals surface area contributed by atoms with Gasteiger partial charge in [0.05, 0.1) is 6.54 Å². The van der Waals surface area contributed by atoms with Crippen molar-refractivity contribution in [2.45, 2.75) is 58.0 Å². The molecule has 2 rings (SSSR count). The lowest BCUT2D eigenvalue weighted by Crippen LogP contribution is -2.43. The van der Waals surface area contributed by atoms with E-state index in [1.54, 1.807) is 0 Å². The molecule has 0 saturated carbocycles. The highest BCUT2D eigenvalue weighted by Gasteiger charge is 2.32. The Morgan fingerprint density at radius 1 is 1.33 bits per heavy atom. The topological polar surface area (TPSA) is 32.3 Å². The summed E-state index contributed by atoms with van der Waals surface area (Å²) in [6.07, 6.45) is 3.52. The van der Waals surface area contributed by atoms with Crippen molar-refractivity contribution < 1.29 is 4.79 Å². The Labute approximate surface area is 128 Å². The first-order chi connectivity index (χ1) is 10.1. The summed E-state index contributed by atoms with van der Waals surface area (Å²) in [5, 5.41) is 3.01. The molecule has 0 aromatic heterocycles. The number of likely N-dealkylation sites (tertiary alicyclic amines) is 1. The molecule has 3 heteroatoms. The van der Waals surface area contributed by atoms with Crippen molar-refractivity contribution in [3.8, 4) is 0 Å². The van der Waals surface area contributed by atoms with E-state index in [2.05, 4.69) is 47.5 Å². The van der Waals surface area contributed by atoms with Crippen LogP contribution in [0.1, 0.15) is 51.5 Å². The summed E-state index contributed by atoms with van der Waals surface area (Å²) in [6.45, 7) is 7.85. The Morgan fingerprint density at radius 2 is 2.05 bits per heavy atom. The molecule has 21 heavy (non-hydrogen) atoms. The molecule has 1 amide bonds. The molecule has 1 saturated heterocycles. The molecule has 1 aromatic rings. The van der Waals surface area contributed by atoms with E-state index in [9.17, 15) is 4.79 Å². The van der Waals surface area contributed by atoms with Gasteiger partial charge < -0.3 is 5.32 Å². The Bertz CT molecular complexity index is 444. The minimum Gasteiger partial charge on any atom is -0.353 e. The predicted octanol–water partition coefficient (Wildman–Crippen LogP) is 3.17. The van der Waals surface area contributed by atoms with Gasteiger partial charge in [0, 0.05) is 12.1 Å². The van der Waals surface area contributed by atoms with Crippen molar-refractivity contribution in [3.05, 3.63) is 35.9 Å². The molecule has 1 fully saturated rings. The fraction of sp³-hybridized carbons (Fsp3) is 0.611. The molecular formula is C18H28N2O. The largest absolute Gasteiger partial charge is 0.353 e. The fourth-order valence-electron chi connectivity index (χ4n) is 3.49. The van der Waals surface area contributed by atoms with Gasteiger partial charge in [0.15, 0.2) is 0 Å². The molecule has 1 heterocycles. The maximum atomic E-state index is 12.0. The van der Waals surface area contributed by atoms with Crippen molar-refractivity contribution in [3.63, 3.8) is 0 Å². The molecule has 1 N–H and O–H groups in total. The molecule has 116 valence electrons. The Balaban J connectivity index is 2.04. The summed E-state index contributed by atoms with van der Waals surface area (Å²) >= 11 is 0. The van der Waals surface area contributed by atoms with Crippen molar-refractivity contribution >= 4 is 5.91 Å². The zero-order valence-electron chi connectivity index (χ0n) is 13.5. The molecule has 0 bridgehead atoms. The van der Waals surface area contributed by atoms with Crippen molar-refractivity contribution in [2.75, 3.05) is 13.1 Å². The van der Waals surface area contributed by atoms with Gasteiger partial charge in [0.2, 0.25) is 5.91 Å². The second kappa shape index (κ2) is 7.60. The second-order valence-corrected chi connectivity index (χ2v) is 6.33. The van der Waals surface area contributed by atoms with Gasteiger partial charge in [-0.25, -0.2) is 0 Å². The summed E-state index contributed by atoms with van der Waals surface area (Å²) in [5.74, 6) is 0.681. The third kappa shape index (κ3) is 4.31. The molecule has 2 unspecified atom stereocenters. The lowest BCUT2D eigenvalue weighted by Gasteiger charge is -2.31. The Morgan fingerprint density at radius 3 is 2.67 bits per heavy atom. The average Bonchev–Trinajstić information content (AvgIpc) is 2.88. The highest BCUT2D eigenvalue weighted by Crippen LogP contribution is 2.33. The van der Waals surface area contributed by atoms with Crippen LogP contribution in [-0.4, -0.2) is 36.0 Å². The van der Waals surface area contributed by atoms with Crippen LogP contribution in [0.5, 0.6) is 0 Å². The molecule has 1 aliphatic heterocycles. The van der Waals surface area contributed by atoms with Crippen LogP contribution >= 0.6 is 0 Å². The van der Waals surface area contributed by atoms with Crippen LogP contribution in [0.4, 0.5) is 0 Å². The number of benzene rings is 1. The Kier molecular flexibility index (Phi) is 5.80. The number of nitrogens with one attached hydrogen (secondary N) is 1. The smallest absolute Gasteiger partial charge is 0.234 e. The van der Waals surface area contributed by atoms with E-state index in [1.807, 2.05) is 13.8 Å². The number of nitrogens with zero attached hydrogens (tertiary/aromatic N) is 1. The minimum absolute atomic E-state index is 0.153. The quantitative estimate of drug-likeness (QED) is 0.872. The Hall–Kier alpha value is -1.35. The number of carbonyl (C=O) groups excluding carboxylic acids is 1. The van der Waals surface area contributed by atoms with Crippen LogP contribution in [0.25, 0.3) is 0 Å². The standard InChI is InChI=1S/C18H28N2O/c1-4-16(15-9-6-5-7-10-15)17-11-8-12-20(17)13-18(21)19-14(2)3/h5-7,9-10,14,16-17H,4,8,11-13H2,1-3H3,(H,19,21). The third-order valence-corrected chi connectivity index (χ3v) is 4.34. The highest BCUT2D eigenvalue weighted by atomic mass is 16.2. The highest BCUT2D eigenvalue weighted by molar-refractivity contribution is 5.78. The van der Waals surface area contributed by atoms with Gasteiger partial charge in [-0.15, -0.1) is 0 Å². The van der Waals surface area contributed by atoms with Crippen LogP contribution in [0.15, 0.2) is 30.3 Å². The van der Waals surface area contributed by atoms with E-state index < -0.39 is 0 Å². The van der Waals surface area contributed by atoms with Crippen LogP contribution in [-0.2, 0) is 4.79 Å². The van der Waals surface area contributed by atoms with Crippen molar-refractivity contribution in [1.29, 1.82) is 0 Å². The van der Waals surface area contributed by atoms with Crippen LogP contribution in [0.3, 0.4) is 0 Å². The zero-order chi connectivity index (χ0) is 15.2. The minimum atomic E-state index is 0.153. The summed E-state index contributed by atoms with van der Waals surface area (Å²) in [6, 6.07) is 11.5. The zero-order valence-corrected chi connectivity index (χ0v) is 13.5. The van der Waals surface area contributed by atoms with E-state index in [0.29, 0.717) is 18.5 Å². The van der Waals surface area contributed by atoms with E-state index in [1.165, 1.54) is 18.4 Å². The fourth-order valence-corrected chi connectivity index (χ4v) is 3.49. The van der Waals surface area contributed by atoms with Crippen LogP contribution in [0, 0.1) is 0 Å². The van der Waals surface area contributed by atoms with Gasteiger partial charge in [-0.3, -0.25) is 9.69 Å². The lowest BCUT2D eigenvalue weighted by molar-refractivity contribution is -0.123. The molecule has 0 aliphatic carbocycles. The van der Waals surface area contributed by atoms with Crippen molar-refractivity contribution in [1.82, 2.24) is 10.2 Å². The number of amides is 1. The summed E-state index contributed by atoms with van der Waals surface area (Å²) in [7, 11) is 0. The van der Waals surface area contributed by atoms with Gasteiger partial charge in [-0.05, 0) is 51.1 Å². The predicted molar refractivity (Wildman–Crippen MR) is 87.3 cm³/mol. The van der Waals surface area contributed by atoms with Gasteiger partial charge >= 0.3 is 0 Å². The molecule has 1 aliphatic rings. The second-order valence-electron chi connectivity index (χ2n) is 6.33. The van der Waals surface area contributed by atoms with Gasteiger partial charge in [0.25, 0.3) is 0 Å². The maximum Gasteiger partial charge on any atom is 0.234 e. The average molecular weight is 288 g/mol. The van der Waals surface area contributed by atoms with Gasteiger partial charge in [-0.1, -0.05) is 37.3 Å². The normalized spacial score (nSPS) is 20.7. The first-order valence-corrected chi connectivity index (χ1v) is 8.20. The monoisotopic (exact) mass is 288 g/mol. The summed E-state index contributed by atoms with van der Waals surface area (Å²) in [5.41, 5.74) is 1.40. The first-order valence-electron chi connectivity index (χ1n) is 8.20. The van der Waals surface area contributed by atoms with E-state index in [0.717, 1.165) is 13.0 Å². The molecule has 1 aromatic carbocycles.